The van der Waals surface area contributed by atoms with Gasteiger partial charge >= 0.3 is 0 Å². The average molecular weight is 255 g/mol. The first-order valence-electron chi connectivity index (χ1n) is 5.98. The second kappa shape index (κ2) is 6.17. The van der Waals surface area contributed by atoms with Gasteiger partial charge in [-0.1, -0.05) is 39.0 Å². The van der Waals surface area contributed by atoms with Crippen molar-refractivity contribution in [2.75, 3.05) is 12.3 Å². The zero-order valence-corrected chi connectivity index (χ0v) is 11.5. The zero-order valence-electron chi connectivity index (χ0n) is 10.7. The third-order valence-electron chi connectivity index (χ3n) is 2.77. The van der Waals surface area contributed by atoms with E-state index in [-0.39, 0.29) is 11.8 Å². The zero-order chi connectivity index (χ0) is 12.9. The van der Waals surface area contributed by atoms with Crippen LogP contribution in [0.5, 0.6) is 0 Å². The summed E-state index contributed by atoms with van der Waals surface area (Å²) in [6.45, 7) is 6.85. The molecule has 0 aliphatic carbocycles. The fraction of sp³-hybridized carbons (Fsp3) is 0.538. The lowest BCUT2D eigenvalue weighted by atomic mass is 10.1. The number of sulfone groups is 1. The van der Waals surface area contributed by atoms with Gasteiger partial charge in [0.05, 0.1) is 10.6 Å². The minimum Gasteiger partial charge on any atom is -0.313 e. The maximum absolute atomic E-state index is 12.2. The monoisotopic (exact) mass is 255 g/mol. The lowest BCUT2D eigenvalue weighted by Crippen LogP contribution is -2.39. The molecule has 3 nitrogen and oxygen atoms in total. The molecule has 1 atom stereocenters. The summed E-state index contributed by atoms with van der Waals surface area (Å²) in [4.78, 5) is 0.406. The van der Waals surface area contributed by atoms with Crippen LogP contribution in [0, 0.1) is 5.92 Å². The average Bonchev–Trinajstić information content (AvgIpc) is 2.29. The normalized spacial score (nSPS) is 13.9. The summed E-state index contributed by atoms with van der Waals surface area (Å²) in [5, 5.41) is 3.23. The summed E-state index contributed by atoms with van der Waals surface area (Å²) < 4.78 is 24.4. The van der Waals surface area contributed by atoms with Crippen LogP contribution >= 0.6 is 0 Å². The summed E-state index contributed by atoms with van der Waals surface area (Å²) in [6, 6.07) is 8.64. The van der Waals surface area contributed by atoms with Crippen LogP contribution in [0.4, 0.5) is 0 Å². The van der Waals surface area contributed by atoms with E-state index >= 15 is 0 Å². The SMILES string of the molecule is CCNC(CS(=O)(=O)c1ccccc1)C(C)C. The molecule has 0 radical (unpaired) electrons. The fourth-order valence-electron chi connectivity index (χ4n) is 1.71. The maximum Gasteiger partial charge on any atom is 0.179 e. The van der Waals surface area contributed by atoms with Gasteiger partial charge in [-0.15, -0.1) is 0 Å². The highest BCUT2D eigenvalue weighted by molar-refractivity contribution is 7.91. The van der Waals surface area contributed by atoms with Crippen LogP contribution in [0.15, 0.2) is 35.2 Å². The van der Waals surface area contributed by atoms with E-state index in [2.05, 4.69) is 5.32 Å². The Kier molecular flexibility index (Phi) is 5.15. The Morgan fingerprint density at radius 1 is 1.18 bits per heavy atom. The lowest BCUT2D eigenvalue weighted by molar-refractivity contribution is 0.435. The van der Waals surface area contributed by atoms with Crippen molar-refractivity contribution in [3.8, 4) is 0 Å². The molecule has 1 aromatic rings. The Morgan fingerprint density at radius 3 is 2.24 bits per heavy atom. The van der Waals surface area contributed by atoms with Crippen molar-refractivity contribution in [3.05, 3.63) is 30.3 Å². The molecule has 0 fully saturated rings. The first kappa shape index (κ1) is 14.2. The molecular weight excluding hydrogens is 234 g/mol. The second-order valence-electron chi connectivity index (χ2n) is 4.50. The molecule has 0 spiro atoms. The third-order valence-corrected chi connectivity index (χ3v) is 4.56. The molecule has 0 heterocycles. The van der Waals surface area contributed by atoms with E-state index in [1.807, 2.05) is 26.8 Å². The molecule has 17 heavy (non-hydrogen) atoms. The van der Waals surface area contributed by atoms with Crippen molar-refractivity contribution in [2.45, 2.75) is 31.7 Å². The molecule has 0 amide bonds. The number of hydrogen-bond acceptors (Lipinski definition) is 3. The van der Waals surface area contributed by atoms with Crippen molar-refractivity contribution in [1.29, 1.82) is 0 Å². The van der Waals surface area contributed by atoms with E-state index in [0.29, 0.717) is 10.8 Å². The molecule has 0 saturated heterocycles. The van der Waals surface area contributed by atoms with Gasteiger partial charge in [0.2, 0.25) is 0 Å². The molecule has 1 rings (SSSR count). The van der Waals surface area contributed by atoms with E-state index in [1.165, 1.54) is 0 Å². The van der Waals surface area contributed by atoms with Crippen LogP contribution in [-0.2, 0) is 9.84 Å². The minimum atomic E-state index is -3.19. The van der Waals surface area contributed by atoms with Crippen LogP contribution in [-0.4, -0.2) is 26.8 Å². The number of rotatable bonds is 6. The standard InChI is InChI=1S/C13H21NO2S/c1-4-14-13(11(2)3)10-17(15,16)12-8-6-5-7-9-12/h5-9,11,13-14H,4,10H2,1-3H3. The highest BCUT2D eigenvalue weighted by Crippen LogP contribution is 2.14. The highest BCUT2D eigenvalue weighted by atomic mass is 32.2. The third kappa shape index (κ3) is 4.13. The molecule has 0 saturated carbocycles. The number of nitrogens with one attached hydrogen (secondary N) is 1. The predicted molar refractivity (Wildman–Crippen MR) is 70.8 cm³/mol. The highest BCUT2D eigenvalue weighted by Gasteiger charge is 2.22. The Labute approximate surface area is 104 Å². The van der Waals surface area contributed by atoms with E-state index in [0.717, 1.165) is 6.54 Å². The van der Waals surface area contributed by atoms with Gasteiger partial charge < -0.3 is 5.32 Å². The van der Waals surface area contributed by atoms with Gasteiger partial charge in [-0.05, 0) is 24.6 Å². The van der Waals surface area contributed by atoms with Gasteiger partial charge in [0.1, 0.15) is 0 Å². The molecule has 1 aromatic carbocycles. The van der Waals surface area contributed by atoms with Crippen molar-refractivity contribution < 1.29 is 8.42 Å². The van der Waals surface area contributed by atoms with E-state index in [9.17, 15) is 8.42 Å². The van der Waals surface area contributed by atoms with E-state index < -0.39 is 9.84 Å². The van der Waals surface area contributed by atoms with E-state index in [1.54, 1.807) is 24.3 Å². The first-order valence-corrected chi connectivity index (χ1v) is 7.63. The van der Waals surface area contributed by atoms with Crippen molar-refractivity contribution in [1.82, 2.24) is 5.32 Å². The van der Waals surface area contributed by atoms with Crippen LogP contribution in [0.2, 0.25) is 0 Å². The van der Waals surface area contributed by atoms with Crippen LogP contribution in [0.25, 0.3) is 0 Å². The van der Waals surface area contributed by atoms with Gasteiger partial charge in [-0.3, -0.25) is 0 Å². The van der Waals surface area contributed by atoms with E-state index in [4.69, 9.17) is 0 Å². The first-order chi connectivity index (χ1) is 7.97. The summed E-state index contributed by atoms with van der Waals surface area (Å²) in [6.07, 6.45) is 0. The summed E-state index contributed by atoms with van der Waals surface area (Å²) >= 11 is 0. The Hall–Kier alpha value is -0.870. The molecular formula is C13H21NO2S. The Morgan fingerprint density at radius 2 is 1.76 bits per heavy atom. The van der Waals surface area contributed by atoms with Crippen LogP contribution in [0.3, 0.4) is 0 Å². The molecule has 1 unspecified atom stereocenters. The van der Waals surface area contributed by atoms with Crippen molar-refractivity contribution in [2.24, 2.45) is 5.92 Å². The predicted octanol–water partition coefficient (Wildman–Crippen LogP) is 2.09. The lowest BCUT2D eigenvalue weighted by Gasteiger charge is -2.21. The van der Waals surface area contributed by atoms with Gasteiger partial charge in [0.15, 0.2) is 9.84 Å². The van der Waals surface area contributed by atoms with Crippen molar-refractivity contribution >= 4 is 9.84 Å². The maximum atomic E-state index is 12.2. The summed E-state index contributed by atoms with van der Waals surface area (Å²) in [7, 11) is -3.19. The van der Waals surface area contributed by atoms with Gasteiger partial charge in [-0.25, -0.2) is 8.42 Å². The minimum absolute atomic E-state index is 0.00482. The van der Waals surface area contributed by atoms with Gasteiger partial charge in [0, 0.05) is 6.04 Å². The molecule has 4 heteroatoms. The molecule has 0 aliphatic heterocycles. The van der Waals surface area contributed by atoms with Gasteiger partial charge in [0.25, 0.3) is 0 Å². The Balaban J connectivity index is 2.85. The summed E-state index contributed by atoms with van der Waals surface area (Å²) in [5.41, 5.74) is 0. The summed E-state index contributed by atoms with van der Waals surface area (Å²) in [5.74, 6) is 0.455. The van der Waals surface area contributed by atoms with Gasteiger partial charge in [-0.2, -0.15) is 0 Å². The largest absolute Gasteiger partial charge is 0.313 e. The number of hydrogen-bond donors (Lipinski definition) is 1. The molecule has 0 aliphatic rings. The molecule has 96 valence electrons. The molecule has 0 aromatic heterocycles. The van der Waals surface area contributed by atoms with Crippen LogP contribution < -0.4 is 5.32 Å². The quantitative estimate of drug-likeness (QED) is 0.846. The second-order valence-corrected chi connectivity index (χ2v) is 6.54. The smallest absolute Gasteiger partial charge is 0.179 e. The topological polar surface area (TPSA) is 46.2 Å². The Bertz CT molecular complexity index is 426. The number of benzene rings is 1. The van der Waals surface area contributed by atoms with Crippen molar-refractivity contribution in [3.63, 3.8) is 0 Å². The molecule has 0 bridgehead atoms. The van der Waals surface area contributed by atoms with Crippen LogP contribution in [0.1, 0.15) is 20.8 Å². The molecule has 1 N–H and O–H groups in total. The fourth-order valence-corrected chi connectivity index (χ4v) is 3.45.